The quantitative estimate of drug-likeness (QED) is 0.0373. The molecule has 2 amide bonds. The standard InChI is InChI=1S/C52H102N4O2.2BrH/c1-7-9-11-13-15-17-19-21-23-25-27-29-31-33-37-43-51(57)53-45-41-49-55(3,4)47-39-35-36-40-48-56(5,6)50-42-46-54-52(58)44-38-34-32-30-28-26-24-22-20-18-16-14-12-10-8-2;;/h21-24H,7-20,25-50H2,1-6H3;2*1H. The molecular formula is C52H104Br2N4O2. The minimum atomic E-state index is 0. The topological polar surface area (TPSA) is 58.2 Å². The fourth-order valence-corrected chi connectivity index (χ4v) is 8.02. The number of amides is 2. The average molecular weight is 977 g/mol. The van der Waals surface area contributed by atoms with Crippen LogP contribution in [0.1, 0.15) is 232 Å². The summed E-state index contributed by atoms with van der Waals surface area (Å²) >= 11 is 0. The largest absolute Gasteiger partial charge is 1.00 e. The number of quaternary nitrogens is 2. The maximum absolute atomic E-state index is 12.3. The third-order valence-electron chi connectivity index (χ3n) is 12.1. The van der Waals surface area contributed by atoms with Gasteiger partial charge in [-0.2, -0.15) is 0 Å². The summed E-state index contributed by atoms with van der Waals surface area (Å²) in [7, 11) is 9.35. The van der Waals surface area contributed by atoms with Crippen LogP contribution in [0.15, 0.2) is 24.3 Å². The second-order valence-corrected chi connectivity index (χ2v) is 19.3. The van der Waals surface area contributed by atoms with E-state index in [0.29, 0.717) is 12.8 Å². The molecule has 0 aliphatic carbocycles. The number of allylic oxidation sites excluding steroid dienone is 4. The molecule has 2 N–H and O–H groups in total. The van der Waals surface area contributed by atoms with Crippen LogP contribution in [0, 0.1) is 0 Å². The molecule has 0 unspecified atom stereocenters. The van der Waals surface area contributed by atoms with Crippen LogP contribution in [0.4, 0.5) is 0 Å². The summed E-state index contributed by atoms with van der Waals surface area (Å²) in [5, 5.41) is 6.34. The Morgan fingerprint density at radius 1 is 0.350 bits per heavy atom. The molecule has 0 atom stereocenters. The summed E-state index contributed by atoms with van der Waals surface area (Å²) in [5.41, 5.74) is 0. The van der Waals surface area contributed by atoms with Crippen molar-refractivity contribution in [2.45, 2.75) is 232 Å². The summed E-state index contributed by atoms with van der Waals surface area (Å²) in [6, 6.07) is 0. The van der Waals surface area contributed by atoms with Gasteiger partial charge in [0, 0.05) is 38.8 Å². The van der Waals surface area contributed by atoms with Crippen LogP contribution in [0.25, 0.3) is 0 Å². The third-order valence-corrected chi connectivity index (χ3v) is 12.1. The summed E-state index contributed by atoms with van der Waals surface area (Å²) in [6.07, 6.45) is 51.6. The first-order valence-corrected chi connectivity index (χ1v) is 25.6. The molecule has 0 aromatic rings. The van der Waals surface area contributed by atoms with Gasteiger partial charge in [-0.15, -0.1) is 0 Å². The van der Waals surface area contributed by atoms with Crippen LogP contribution in [-0.2, 0) is 9.59 Å². The second kappa shape index (κ2) is 47.8. The Bertz CT molecular complexity index is 896. The van der Waals surface area contributed by atoms with Crippen molar-refractivity contribution in [2.75, 3.05) is 67.5 Å². The van der Waals surface area contributed by atoms with Crippen LogP contribution in [0.5, 0.6) is 0 Å². The Kier molecular flexibility index (Phi) is 50.6. The van der Waals surface area contributed by atoms with Gasteiger partial charge >= 0.3 is 0 Å². The number of carbonyl (C=O) groups is 2. The van der Waals surface area contributed by atoms with E-state index < -0.39 is 0 Å². The number of nitrogens with zero attached hydrogens (tertiary/aromatic N) is 2. The molecule has 0 aliphatic rings. The zero-order valence-corrected chi connectivity index (χ0v) is 44.2. The molecule has 0 aromatic carbocycles. The van der Waals surface area contributed by atoms with Gasteiger partial charge in [0.2, 0.25) is 11.8 Å². The molecule has 0 fully saturated rings. The number of hydrogen-bond acceptors (Lipinski definition) is 2. The van der Waals surface area contributed by atoms with E-state index in [2.05, 4.69) is 77.0 Å². The van der Waals surface area contributed by atoms with Crippen molar-refractivity contribution in [1.82, 2.24) is 10.6 Å². The fraction of sp³-hybridized carbons (Fsp3) is 0.885. The van der Waals surface area contributed by atoms with E-state index in [-0.39, 0.29) is 45.8 Å². The van der Waals surface area contributed by atoms with Crippen LogP contribution in [0.3, 0.4) is 0 Å². The Morgan fingerprint density at radius 2 is 0.600 bits per heavy atom. The number of rotatable bonds is 45. The maximum Gasteiger partial charge on any atom is 0.219 e. The Balaban J connectivity index is -0.0000162. The van der Waals surface area contributed by atoms with E-state index in [1.165, 1.54) is 193 Å². The van der Waals surface area contributed by atoms with Crippen LogP contribution in [-0.4, -0.2) is 88.2 Å². The van der Waals surface area contributed by atoms with Gasteiger partial charge in [-0.05, 0) is 89.9 Å². The van der Waals surface area contributed by atoms with Gasteiger partial charge in [0.05, 0.1) is 54.4 Å². The molecule has 60 heavy (non-hydrogen) atoms. The first-order chi connectivity index (χ1) is 28.1. The first-order valence-electron chi connectivity index (χ1n) is 25.6. The zero-order valence-electron chi connectivity index (χ0n) is 41.1. The normalized spacial score (nSPS) is 11.9. The highest BCUT2D eigenvalue weighted by atomic mass is 79.9. The maximum atomic E-state index is 12.3. The lowest BCUT2D eigenvalue weighted by molar-refractivity contribution is -0.891. The van der Waals surface area contributed by atoms with Crippen LogP contribution >= 0.6 is 0 Å². The molecule has 6 nitrogen and oxygen atoms in total. The minimum absolute atomic E-state index is 0. The number of halogens is 2. The molecular weight excluding hydrogens is 872 g/mol. The van der Waals surface area contributed by atoms with Crippen molar-refractivity contribution in [3.63, 3.8) is 0 Å². The van der Waals surface area contributed by atoms with Crippen molar-refractivity contribution in [3.05, 3.63) is 24.3 Å². The molecule has 0 aromatic heterocycles. The molecule has 0 heterocycles. The summed E-state index contributed by atoms with van der Waals surface area (Å²) in [5.74, 6) is 0.469. The predicted octanol–water partition coefficient (Wildman–Crippen LogP) is 7.80. The van der Waals surface area contributed by atoms with Crippen LogP contribution < -0.4 is 44.6 Å². The first kappa shape index (κ1) is 63.6. The number of nitrogens with one attached hydrogen (secondary N) is 2. The molecule has 0 spiro atoms. The van der Waals surface area contributed by atoms with Gasteiger partial charge in [0.1, 0.15) is 0 Å². The molecule has 0 rings (SSSR count). The third kappa shape index (κ3) is 50.0. The summed E-state index contributed by atoms with van der Waals surface area (Å²) in [4.78, 5) is 24.6. The highest BCUT2D eigenvalue weighted by Crippen LogP contribution is 2.13. The minimum Gasteiger partial charge on any atom is -1.00 e. The van der Waals surface area contributed by atoms with Crippen molar-refractivity contribution in [3.8, 4) is 0 Å². The lowest BCUT2D eigenvalue weighted by Crippen LogP contribution is -3.00. The second-order valence-electron chi connectivity index (χ2n) is 19.3. The van der Waals surface area contributed by atoms with Gasteiger partial charge in [-0.3, -0.25) is 9.59 Å². The lowest BCUT2D eigenvalue weighted by Gasteiger charge is -2.31. The lowest BCUT2D eigenvalue weighted by atomic mass is 10.1. The van der Waals surface area contributed by atoms with E-state index in [1.54, 1.807) is 0 Å². The molecule has 0 saturated heterocycles. The van der Waals surface area contributed by atoms with Crippen LogP contribution in [0.2, 0.25) is 0 Å². The summed E-state index contributed by atoms with van der Waals surface area (Å²) < 4.78 is 2.07. The monoisotopic (exact) mass is 975 g/mol. The molecule has 358 valence electrons. The number of unbranched alkanes of at least 4 members (excludes halogenated alkanes) is 25. The molecule has 0 bridgehead atoms. The van der Waals surface area contributed by atoms with Crippen molar-refractivity contribution in [2.24, 2.45) is 0 Å². The van der Waals surface area contributed by atoms with E-state index in [1.807, 2.05) is 0 Å². The predicted molar refractivity (Wildman–Crippen MR) is 256 cm³/mol. The smallest absolute Gasteiger partial charge is 0.219 e. The van der Waals surface area contributed by atoms with Gasteiger partial charge in [0.25, 0.3) is 0 Å². The van der Waals surface area contributed by atoms with Crippen molar-refractivity contribution < 1.29 is 52.5 Å². The highest BCUT2D eigenvalue weighted by Gasteiger charge is 2.16. The SMILES string of the molecule is CCCCCCCCC=CCCCCCCCC(=O)NCCC[N+](C)(C)CCCCCC[N+](C)(C)CCCNC(=O)CCCCCCCC=CCCCCCCCC.[Br-].[Br-]. The molecule has 0 saturated carbocycles. The molecule has 0 radical (unpaired) electrons. The molecule has 8 heteroatoms. The van der Waals surface area contributed by atoms with Crippen molar-refractivity contribution >= 4 is 11.8 Å². The van der Waals surface area contributed by atoms with Crippen molar-refractivity contribution in [1.29, 1.82) is 0 Å². The average Bonchev–Trinajstić information content (AvgIpc) is 3.19. The fourth-order valence-electron chi connectivity index (χ4n) is 8.02. The van der Waals surface area contributed by atoms with Gasteiger partial charge in [-0.25, -0.2) is 0 Å². The summed E-state index contributed by atoms with van der Waals surface area (Å²) in [6.45, 7) is 10.8. The van der Waals surface area contributed by atoms with E-state index in [4.69, 9.17) is 0 Å². The van der Waals surface area contributed by atoms with E-state index in [0.717, 1.165) is 60.8 Å². The number of hydrogen-bond donors (Lipinski definition) is 2. The van der Waals surface area contributed by atoms with E-state index >= 15 is 0 Å². The highest BCUT2D eigenvalue weighted by molar-refractivity contribution is 5.76. The van der Waals surface area contributed by atoms with Gasteiger partial charge in [-0.1, -0.05) is 141 Å². The van der Waals surface area contributed by atoms with Gasteiger partial charge in [0.15, 0.2) is 0 Å². The Labute approximate surface area is 396 Å². The van der Waals surface area contributed by atoms with E-state index in [9.17, 15) is 9.59 Å². The Morgan fingerprint density at radius 3 is 0.917 bits per heavy atom. The van der Waals surface area contributed by atoms with Gasteiger partial charge < -0.3 is 53.6 Å². The zero-order chi connectivity index (χ0) is 42.7. The molecule has 0 aliphatic heterocycles. The number of carbonyl (C=O) groups excluding carboxylic acids is 2. The Hall–Kier alpha value is -0.700.